The SMILES string of the molecule is O=C(c1ccc(F)c(S(=O)(=O)N(Cl)Cc2ccccc2)c1)N(c1ccccc1)c1ccc(Cl)cc1. The van der Waals surface area contributed by atoms with Gasteiger partial charge in [-0.2, -0.15) is 0 Å². The van der Waals surface area contributed by atoms with E-state index in [1.54, 1.807) is 84.9 Å². The van der Waals surface area contributed by atoms with Crippen LogP contribution in [0.25, 0.3) is 0 Å². The maximum Gasteiger partial charge on any atom is 0.262 e. The molecule has 0 aliphatic heterocycles. The van der Waals surface area contributed by atoms with E-state index in [1.807, 2.05) is 0 Å². The van der Waals surface area contributed by atoms with Crippen LogP contribution in [0.15, 0.2) is 108 Å². The average molecular weight is 529 g/mol. The summed E-state index contributed by atoms with van der Waals surface area (Å²) in [6, 6.07) is 27.2. The first-order valence-electron chi connectivity index (χ1n) is 10.4. The Hall–Kier alpha value is -3.23. The van der Waals surface area contributed by atoms with Crippen LogP contribution in [0.4, 0.5) is 15.8 Å². The molecule has 4 rings (SSSR count). The van der Waals surface area contributed by atoms with Gasteiger partial charge in [0.25, 0.3) is 15.9 Å². The molecule has 0 atom stereocenters. The molecule has 1 amide bonds. The van der Waals surface area contributed by atoms with Crippen molar-refractivity contribution in [3.63, 3.8) is 0 Å². The molecule has 0 heterocycles. The lowest BCUT2D eigenvalue weighted by atomic mass is 10.1. The highest BCUT2D eigenvalue weighted by molar-refractivity contribution is 7.90. The van der Waals surface area contributed by atoms with Crippen LogP contribution in [-0.2, 0) is 16.6 Å². The molecule has 0 spiro atoms. The van der Waals surface area contributed by atoms with Gasteiger partial charge in [0.15, 0.2) is 0 Å². The first kappa shape index (κ1) is 24.9. The molecule has 0 aliphatic carbocycles. The Kier molecular flexibility index (Phi) is 7.52. The molecule has 0 aliphatic rings. The largest absolute Gasteiger partial charge is 0.277 e. The highest BCUT2D eigenvalue weighted by Crippen LogP contribution is 2.30. The number of amides is 1. The summed E-state index contributed by atoms with van der Waals surface area (Å²) in [5.74, 6) is -1.57. The summed E-state index contributed by atoms with van der Waals surface area (Å²) < 4.78 is 41.4. The summed E-state index contributed by atoms with van der Waals surface area (Å²) >= 11 is 12.1. The van der Waals surface area contributed by atoms with Crippen LogP contribution in [0.5, 0.6) is 0 Å². The van der Waals surface area contributed by atoms with Crippen molar-refractivity contribution in [3.05, 3.63) is 125 Å². The smallest absolute Gasteiger partial charge is 0.262 e. The monoisotopic (exact) mass is 528 g/mol. The molecule has 4 aromatic rings. The Labute approximate surface area is 213 Å². The highest BCUT2D eigenvalue weighted by Gasteiger charge is 2.29. The van der Waals surface area contributed by atoms with Crippen molar-refractivity contribution in [2.24, 2.45) is 0 Å². The first-order valence-corrected chi connectivity index (χ1v) is 12.6. The zero-order valence-corrected chi connectivity index (χ0v) is 20.5. The van der Waals surface area contributed by atoms with Crippen LogP contribution in [0.3, 0.4) is 0 Å². The molecule has 0 saturated carbocycles. The van der Waals surface area contributed by atoms with Crippen molar-refractivity contribution in [2.45, 2.75) is 11.4 Å². The Morgan fingerprint density at radius 3 is 2.00 bits per heavy atom. The summed E-state index contributed by atoms with van der Waals surface area (Å²) in [5, 5.41) is 0.491. The summed E-state index contributed by atoms with van der Waals surface area (Å²) in [6.07, 6.45) is 0. The molecule has 0 unspecified atom stereocenters. The molecular weight excluding hydrogens is 510 g/mol. The molecule has 4 aromatic carbocycles. The molecule has 0 saturated heterocycles. The predicted octanol–water partition coefficient (Wildman–Crippen LogP) is 6.80. The number of para-hydroxylation sites is 1. The minimum atomic E-state index is -4.45. The minimum absolute atomic E-state index is 0.0337. The van der Waals surface area contributed by atoms with Crippen molar-refractivity contribution in [3.8, 4) is 0 Å². The number of rotatable bonds is 7. The number of carbonyl (C=O) groups excluding carboxylic acids is 1. The number of carbonyl (C=O) groups is 1. The fourth-order valence-corrected chi connectivity index (χ4v) is 5.04. The fourth-order valence-electron chi connectivity index (χ4n) is 3.43. The van der Waals surface area contributed by atoms with E-state index in [1.165, 1.54) is 11.0 Å². The van der Waals surface area contributed by atoms with Crippen molar-refractivity contribution in [1.29, 1.82) is 0 Å². The van der Waals surface area contributed by atoms with E-state index in [2.05, 4.69) is 0 Å². The summed E-state index contributed by atoms with van der Waals surface area (Å²) in [7, 11) is -4.45. The number of nitrogens with zero attached hydrogens (tertiary/aromatic N) is 2. The molecule has 0 fully saturated rings. The van der Waals surface area contributed by atoms with E-state index in [0.717, 1.165) is 12.1 Å². The molecule has 0 radical (unpaired) electrons. The van der Waals surface area contributed by atoms with E-state index < -0.39 is 26.6 Å². The van der Waals surface area contributed by atoms with Gasteiger partial charge in [-0.15, -0.1) is 3.82 Å². The van der Waals surface area contributed by atoms with Crippen LogP contribution >= 0.6 is 23.4 Å². The van der Waals surface area contributed by atoms with Gasteiger partial charge in [0.2, 0.25) is 0 Å². The minimum Gasteiger partial charge on any atom is -0.277 e. The van der Waals surface area contributed by atoms with Crippen molar-refractivity contribution in [2.75, 3.05) is 4.90 Å². The summed E-state index contributed by atoms with van der Waals surface area (Å²) in [6.45, 7) is -0.177. The number of benzene rings is 4. The topological polar surface area (TPSA) is 57.7 Å². The van der Waals surface area contributed by atoms with Gasteiger partial charge < -0.3 is 0 Å². The Bertz CT molecular complexity index is 1430. The molecule has 0 N–H and O–H groups in total. The summed E-state index contributed by atoms with van der Waals surface area (Å²) in [4.78, 5) is 14.3. The Balaban J connectivity index is 1.73. The second-order valence-corrected chi connectivity index (χ2v) is 10.4. The average Bonchev–Trinajstić information content (AvgIpc) is 2.86. The predicted molar refractivity (Wildman–Crippen MR) is 136 cm³/mol. The summed E-state index contributed by atoms with van der Waals surface area (Å²) in [5.41, 5.74) is 1.63. The molecule has 9 heteroatoms. The van der Waals surface area contributed by atoms with E-state index in [0.29, 0.717) is 25.8 Å². The first-order chi connectivity index (χ1) is 16.8. The van der Waals surface area contributed by atoms with Crippen LogP contribution in [0, 0.1) is 5.82 Å². The van der Waals surface area contributed by atoms with Crippen LogP contribution in [0.1, 0.15) is 15.9 Å². The van der Waals surface area contributed by atoms with E-state index in [-0.39, 0.29) is 12.1 Å². The maximum absolute atomic E-state index is 14.7. The lowest BCUT2D eigenvalue weighted by molar-refractivity contribution is 0.0999. The number of anilines is 2. The van der Waals surface area contributed by atoms with Gasteiger partial charge in [-0.25, -0.2) is 12.8 Å². The number of hydrogen-bond acceptors (Lipinski definition) is 3. The van der Waals surface area contributed by atoms with Crippen molar-refractivity contribution in [1.82, 2.24) is 3.82 Å². The molecule has 35 heavy (non-hydrogen) atoms. The van der Waals surface area contributed by atoms with E-state index in [9.17, 15) is 17.6 Å². The van der Waals surface area contributed by atoms with Gasteiger partial charge in [-0.1, -0.05) is 60.1 Å². The van der Waals surface area contributed by atoms with Gasteiger partial charge in [0.1, 0.15) is 10.7 Å². The number of sulfonamides is 1. The second-order valence-electron chi connectivity index (χ2n) is 7.53. The third-order valence-corrected chi connectivity index (χ3v) is 7.60. The Morgan fingerprint density at radius 1 is 0.800 bits per heavy atom. The standard InChI is InChI=1S/C26H19Cl2FN2O3S/c27-21-12-14-23(15-13-21)31(22-9-5-2-6-10-22)26(32)20-11-16-24(29)25(17-20)35(33,34)30(28)18-19-7-3-1-4-8-19/h1-17H,18H2. The third-order valence-electron chi connectivity index (χ3n) is 5.17. The molecule has 0 bridgehead atoms. The van der Waals surface area contributed by atoms with Gasteiger partial charge in [0, 0.05) is 22.0 Å². The maximum atomic E-state index is 14.7. The van der Waals surface area contributed by atoms with E-state index >= 15 is 0 Å². The highest BCUT2D eigenvalue weighted by atomic mass is 35.5. The van der Waals surface area contributed by atoms with Crippen molar-refractivity contribution >= 4 is 50.7 Å². The normalized spacial score (nSPS) is 11.4. The zero-order valence-electron chi connectivity index (χ0n) is 18.2. The van der Waals surface area contributed by atoms with Gasteiger partial charge >= 0.3 is 0 Å². The number of halogens is 3. The van der Waals surface area contributed by atoms with Crippen molar-refractivity contribution < 1.29 is 17.6 Å². The molecule has 178 valence electrons. The van der Waals surface area contributed by atoms with Gasteiger partial charge in [-0.3, -0.25) is 9.69 Å². The lowest BCUT2D eigenvalue weighted by Gasteiger charge is -2.24. The van der Waals surface area contributed by atoms with E-state index in [4.69, 9.17) is 23.4 Å². The number of hydrogen-bond donors (Lipinski definition) is 0. The van der Waals surface area contributed by atoms with Crippen LogP contribution in [-0.4, -0.2) is 18.1 Å². The van der Waals surface area contributed by atoms with Crippen LogP contribution in [0.2, 0.25) is 5.02 Å². The zero-order chi connectivity index (χ0) is 25.0. The molecule has 0 aromatic heterocycles. The lowest BCUT2D eigenvalue weighted by Crippen LogP contribution is -2.27. The second kappa shape index (κ2) is 10.6. The molecular formula is C26H19Cl2FN2O3S. The third kappa shape index (κ3) is 5.55. The van der Waals surface area contributed by atoms with Crippen LogP contribution < -0.4 is 4.90 Å². The van der Waals surface area contributed by atoms with Gasteiger partial charge in [0.05, 0.1) is 6.54 Å². The Morgan fingerprint density at radius 2 is 1.37 bits per heavy atom. The molecule has 5 nitrogen and oxygen atoms in total. The van der Waals surface area contributed by atoms with Gasteiger partial charge in [-0.05, 0) is 71.9 Å². The quantitative estimate of drug-likeness (QED) is 0.248. The fraction of sp³-hybridized carbons (Fsp3) is 0.0385.